The van der Waals surface area contributed by atoms with Gasteiger partial charge in [0.15, 0.2) is 27.4 Å². The van der Waals surface area contributed by atoms with Gasteiger partial charge in [0.05, 0.1) is 47.6 Å². The van der Waals surface area contributed by atoms with Crippen LogP contribution in [-0.2, 0) is 63.8 Å². The fourth-order valence-electron chi connectivity index (χ4n) is 11.4. The third kappa shape index (κ3) is 15.2. The Morgan fingerprint density at radius 2 is 1.51 bits per heavy atom. The average molecular weight is 1090 g/mol. The maximum Gasteiger partial charge on any atom is 0.311 e. The number of nitrogens with zero attached hydrogens (tertiary/aromatic N) is 2. The highest BCUT2D eigenvalue weighted by Gasteiger charge is 2.54. The number of likely N-dealkylation sites (N-methyl/N-ethyl adjacent to an activating group) is 1. The maximum atomic E-state index is 14.5. The Bertz CT molecular complexity index is 2320. The van der Waals surface area contributed by atoms with Gasteiger partial charge in [-0.25, -0.2) is 13.4 Å². The second kappa shape index (κ2) is 26.6. The Kier molecular flexibility index (Phi) is 22.2. The molecule has 3 fully saturated rings. The minimum Gasteiger partial charge on any atom is -0.459 e. The summed E-state index contributed by atoms with van der Waals surface area (Å²) in [7, 11) is 1.43. The van der Waals surface area contributed by atoms with Crippen LogP contribution in [0, 0.1) is 23.7 Å². The number of rotatable bonds is 18. The third-order valence-corrected chi connectivity index (χ3v) is 17.5. The summed E-state index contributed by atoms with van der Waals surface area (Å²) in [6.45, 7) is 17.7. The lowest BCUT2D eigenvalue weighted by Crippen LogP contribution is -2.61. The number of methoxy groups -OCH3 is 2. The van der Waals surface area contributed by atoms with Crippen LogP contribution >= 0.6 is 0 Å². The summed E-state index contributed by atoms with van der Waals surface area (Å²) in [5.41, 5.74) is -1.58. The molecule has 0 spiro atoms. The summed E-state index contributed by atoms with van der Waals surface area (Å²) in [5.74, 6) is -4.99. The van der Waals surface area contributed by atoms with Crippen LogP contribution in [0.2, 0.25) is 0 Å². The van der Waals surface area contributed by atoms with Gasteiger partial charge in [0, 0.05) is 82.0 Å². The van der Waals surface area contributed by atoms with Crippen LogP contribution in [0.25, 0.3) is 11.1 Å². The van der Waals surface area contributed by atoms with Crippen LogP contribution in [0.15, 0.2) is 47.6 Å². The van der Waals surface area contributed by atoms with Gasteiger partial charge in [0.25, 0.3) is 0 Å². The van der Waals surface area contributed by atoms with E-state index in [0.29, 0.717) is 19.5 Å². The molecule has 76 heavy (non-hydrogen) atoms. The number of ketones is 1. The second-order valence-electron chi connectivity index (χ2n) is 22.6. The van der Waals surface area contributed by atoms with Crippen molar-refractivity contribution in [1.29, 1.82) is 0 Å². The molecule has 0 bridgehead atoms. The summed E-state index contributed by atoms with van der Waals surface area (Å²) < 4.78 is 68.2. The number of sulfone groups is 1. The van der Waals surface area contributed by atoms with E-state index in [4.69, 9.17) is 33.2 Å². The molecule has 1 aromatic carbocycles. The molecule has 19 nitrogen and oxygen atoms in total. The van der Waals surface area contributed by atoms with Crippen molar-refractivity contribution in [3.63, 3.8) is 0 Å². The van der Waals surface area contributed by atoms with Gasteiger partial charge in [-0.15, -0.1) is 0 Å². The normalized spacial score (nSPS) is 37.3. The number of cyclic esters (lactones) is 1. The highest BCUT2D eigenvalue weighted by atomic mass is 32.2. The number of aliphatic hydroxyl groups is 4. The summed E-state index contributed by atoms with van der Waals surface area (Å²) in [4.78, 5) is 47.9. The number of unbranched alkanes of at least 4 members (excludes halogenated alkanes) is 1. The first-order chi connectivity index (χ1) is 35.5. The Balaban J connectivity index is 1.31. The van der Waals surface area contributed by atoms with Crippen LogP contribution < -0.4 is 5.32 Å². The molecule has 3 aliphatic heterocycles. The zero-order valence-corrected chi connectivity index (χ0v) is 48.1. The van der Waals surface area contributed by atoms with Crippen molar-refractivity contribution in [2.24, 2.45) is 23.7 Å². The molecule has 3 aliphatic rings. The van der Waals surface area contributed by atoms with Crippen molar-refractivity contribution in [3.8, 4) is 11.1 Å². The molecular formula is C56H89N3O16S. The smallest absolute Gasteiger partial charge is 0.311 e. The van der Waals surface area contributed by atoms with Crippen molar-refractivity contribution in [2.75, 3.05) is 40.6 Å². The van der Waals surface area contributed by atoms with Crippen LogP contribution in [-0.4, -0.2) is 181 Å². The topological polar surface area (TPSA) is 259 Å². The molecule has 1 aromatic heterocycles. The van der Waals surface area contributed by atoms with E-state index in [1.807, 2.05) is 50.1 Å². The third-order valence-electron chi connectivity index (χ3n) is 16.5. The van der Waals surface area contributed by atoms with E-state index in [2.05, 4.69) is 10.3 Å². The van der Waals surface area contributed by atoms with Crippen molar-refractivity contribution in [3.05, 3.63) is 48.2 Å². The number of hydrogen-bond donors (Lipinski definition) is 5. The second-order valence-corrected chi connectivity index (χ2v) is 24.5. The van der Waals surface area contributed by atoms with E-state index in [9.17, 15) is 43.2 Å². The molecule has 2 aromatic rings. The van der Waals surface area contributed by atoms with Gasteiger partial charge < -0.3 is 63.8 Å². The lowest BCUT2D eigenvalue weighted by molar-refractivity contribution is -0.319. The number of aliphatic hydroxyl groups excluding tert-OH is 3. The molecular weight excluding hydrogens is 1000 g/mol. The van der Waals surface area contributed by atoms with Crippen LogP contribution in [0.1, 0.15) is 120 Å². The van der Waals surface area contributed by atoms with Gasteiger partial charge in [0.1, 0.15) is 29.7 Å². The van der Waals surface area contributed by atoms with E-state index in [1.54, 1.807) is 53.8 Å². The monoisotopic (exact) mass is 1090 g/mol. The number of nitrogens with one attached hydrogen (secondary N) is 1. The number of carbonyl (C=O) groups excluding carboxylic acids is 3. The van der Waals surface area contributed by atoms with E-state index in [1.165, 1.54) is 34.1 Å². The lowest BCUT2D eigenvalue weighted by Gasteiger charge is -2.50. The SMILES string of the molecule is CC[C@H]1OC(=O)[C@H](C)[C@@H](O[C@H]2C[C@@](C)(OC)[C@@H](O)[C@H](C)O2)[C@H](C)[C@@H](O[C@H]2O[C@H](C)C[C@H](N(C)CCC(=O)NCCCCc3ccc(-c4ccc(S(C)(=O)=O)nc4)cc3)[C@H]2O)[C@](C)(OC)C[C@@H](C)C(=O)[C@H](C)[C@@H](O)[C@]1(C)O. The van der Waals surface area contributed by atoms with Crippen molar-refractivity contribution >= 4 is 27.5 Å². The van der Waals surface area contributed by atoms with Gasteiger partial charge >= 0.3 is 5.97 Å². The number of aryl methyl sites for hydroxylation is 1. The summed E-state index contributed by atoms with van der Waals surface area (Å²) in [5, 5.41) is 49.8. The molecule has 1 amide bonds. The number of benzene rings is 1. The number of esters is 1. The van der Waals surface area contributed by atoms with Crippen molar-refractivity contribution in [2.45, 2.75) is 210 Å². The van der Waals surface area contributed by atoms with Gasteiger partial charge in [0.2, 0.25) is 5.91 Å². The molecule has 0 unspecified atom stereocenters. The Morgan fingerprint density at radius 1 is 0.868 bits per heavy atom. The molecule has 3 saturated heterocycles. The number of amides is 1. The van der Waals surface area contributed by atoms with Crippen molar-refractivity contribution in [1.82, 2.24) is 15.2 Å². The van der Waals surface area contributed by atoms with Gasteiger partial charge in [-0.1, -0.05) is 52.0 Å². The maximum absolute atomic E-state index is 14.5. The van der Waals surface area contributed by atoms with Crippen LogP contribution in [0.3, 0.4) is 0 Å². The first-order valence-corrected chi connectivity index (χ1v) is 28.9. The molecule has 20 heteroatoms. The fourth-order valence-corrected chi connectivity index (χ4v) is 11.9. The van der Waals surface area contributed by atoms with E-state index >= 15 is 0 Å². The molecule has 5 N–H and O–H groups in total. The molecule has 18 atom stereocenters. The largest absolute Gasteiger partial charge is 0.459 e. The Labute approximate surface area is 451 Å². The van der Waals surface area contributed by atoms with Gasteiger partial charge in [-0.2, -0.15) is 0 Å². The highest BCUT2D eigenvalue weighted by molar-refractivity contribution is 7.90. The molecule has 0 aliphatic carbocycles. The summed E-state index contributed by atoms with van der Waals surface area (Å²) >= 11 is 0. The minimum atomic E-state index is -3.38. The Morgan fingerprint density at radius 3 is 2.11 bits per heavy atom. The average Bonchev–Trinajstić information content (AvgIpc) is 3.38. The number of pyridine rings is 1. The number of aromatic nitrogens is 1. The van der Waals surface area contributed by atoms with E-state index in [-0.39, 0.29) is 42.4 Å². The van der Waals surface area contributed by atoms with Crippen LogP contribution in [0.4, 0.5) is 0 Å². The zero-order chi connectivity index (χ0) is 56.7. The van der Waals surface area contributed by atoms with Crippen LogP contribution in [0.5, 0.6) is 0 Å². The van der Waals surface area contributed by atoms with Gasteiger partial charge in [-0.3, -0.25) is 14.4 Å². The first kappa shape index (κ1) is 63.3. The molecule has 5 rings (SSSR count). The lowest BCUT2D eigenvalue weighted by atomic mass is 9.74. The molecule has 430 valence electrons. The number of carbonyl (C=O) groups is 3. The number of Topliss-reactive ketones (excluding diaryl/α,β-unsaturated/α-hetero) is 1. The summed E-state index contributed by atoms with van der Waals surface area (Å²) in [6.07, 6.45) is -4.75. The minimum absolute atomic E-state index is 0.0305. The quantitative estimate of drug-likeness (QED) is 0.0992. The summed E-state index contributed by atoms with van der Waals surface area (Å²) in [6, 6.07) is 10.7. The predicted molar refractivity (Wildman–Crippen MR) is 283 cm³/mol. The van der Waals surface area contributed by atoms with Crippen molar-refractivity contribution < 1.29 is 76.4 Å². The molecule has 0 radical (unpaired) electrons. The van der Waals surface area contributed by atoms with Gasteiger partial charge in [-0.05, 0) is 110 Å². The molecule has 4 heterocycles. The Hall–Kier alpha value is -3.51. The van der Waals surface area contributed by atoms with E-state index < -0.39 is 124 Å². The number of ether oxygens (including phenoxy) is 7. The highest BCUT2D eigenvalue weighted by Crippen LogP contribution is 2.42. The predicted octanol–water partition coefficient (Wildman–Crippen LogP) is 4.80. The standard InChI is InChI=1S/C56H89N3O16S/c1-15-42-56(10,66)49(63)34(4)46(61)32(2)29-55(9,70-13)51(35(5)48(36(6)52(65)73-42)74-45-30-54(8,69-12)50(64)37(7)72-45)75-53-47(62)41(28-33(3)71-53)59(11)27-25-43(60)57-26-17-16-18-38-19-21-39(22-20-38)40-23-24-44(58-31-40)76(14,67)68/h19-24,31-37,41-42,45,47-51,53,62-64,66H,15-18,25-30H2,1-14H3,(H,57,60)/t32-,33-,34+,35+,36-,37+,41+,42-,45+,47-,48+,49-,50+,51-,53-,54-,55-,56-/m1/s1. The first-order valence-electron chi connectivity index (χ1n) is 27.0. The zero-order valence-electron chi connectivity index (χ0n) is 47.3. The van der Waals surface area contributed by atoms with E-state index in [0.717, 1.165) is 42.2 Å². The number of hydrogen-bond acceptors (Lipinski definition) is 18. The fraction of sp³-hybridized carbons (Fsp3) is 0.750. The molecule has 0 saturated carbocycles.